The number of para-hydroxylation sites is 1. The Balaban J connectivity index is 2.27. The fourth-order valence-electron chi connectivity index (χ4n) is 1.67. The highest BCUT2D eigenvalue weighted by Crippen LogP contribution is 2.15. The third-order valence-electron chi connectivity index (χ3n) is 2.59. The van der Waals surface area contributed by atoms with Crippen LogP contribution in [0.1, 0.15) is 19.0 Å². The minimum absolute atomic E-state index is 0.267. The van der Waals surface area contributed by atoms with E-state index in [1.807, 2.05) is 6.07 Å². The highest BCUT2D eigenvalue weighted by atomic mass is 14.7. The van der Waals surface area contributed by atoms with Gasteiger partial charge in [-0.25, -0.2) is 0 Å². The van der Waals surface area contributed by atoms with Crippen molar-refractivity contribution in [3.63, 3.8) is 0 Å². The van der Waals surface area contributed by atoms with Crippen molar-refractivity contribution in [3.8, 4) is 0 Å². The number of benzene rings is 1. The van der Waals surface area contributed by atoms with Gasteiger partial charge in [0.2, 0.25) is 0 Å². The van der Waals surface area contributed by atoms with Gasteiger partial charge < -0.3 is 10.7 Å². The van der Waals surface area contributed by atoms with Crippen LogP contribution in [0.2, 0.25) is 0 Å². The predicted octanol–water partition coefficient (Wildman–Crippen LogP) is 2.45. The van der Waals surface area contributed by atoms with E-state index >= 15 is 0 Å². The first-order valence-electron chi connectivity index (χ1n) is 5.12. The molecule has 2 rings (SSSR count). The quantitative estimate of drug-likeness (QED) is 0.763. The van der Waals surface area contributed by atoms with E-state index in [1.54, 1.807) is 0 Å². The molecule has 3 N–H and O–H groups in total. The Morgan fingerprint density at radius 3 is 2.86 bits per heavy atom. The first-order chi connectivity index (χ1) is 6.79. The van der Waals surface area contributed by atoms with E-state index in [9.17, 15) is 0 Å². The molecule has 0 saturated heterocycles. The molecule has 2 aromatic rings. The van der Waals surface area contributed by atoms with Gasteiger partial charge in [0.25, 0.3) is 0 Å². The Bertz CT molecular complexity index is 384. The molecule has 2 heteroatoms. The number of aromatic nitrogens is 1. The maximum absolute atomic E-state index is 5.91. The van der Waals surface area contributed by atoms with E-state index in [0.29, 0.717) is 0 Å². The lowest BCUT2D eigenvalue weighted by Gasteiger charge is -2.05. The SMILES string of the molecule is CCC(N)Cc1cc2ccccc2[nH]1. The maximum Gasteiger partial charge on any atom is 0.0456 e. The molecule has 1 unspecified atom stereocenters. The Morgan fingerprint density at radius 2 is 2.14 bits per heavy atom. The van der Waals surface area contributed by atoms with E-state index in [-0.39, 0.29) is 6.04 Å². The first-order valence-corrected chi connectivity index (χ1v) is 5.12. The van der Waals surface area contributed by atoms with Crippen molar-refractivity contribution in [2.24, 2.45) is 5.73 Å². The van der Waals surface area contributed by atoms with Crippen LogP contribution >= 0.6 is 0 Å². The monoisotopic (exact) mass is 188 g/mol. The first kappa shape index (κ1) is 9.28. The van der Waals surface area contributed by atoms with Crippen molar-refractivity contribution in [1.29, 1.82) is 0 Å². The normalized spacial score (nSPS) is 13.3. The lowest BCUT2D eigenvalue weighted by atomic mass is 10.1. The Labute approximate surface area is 84.1 Å². The summed E-state index contributed by atoms with van der Waals surface area (Å²) >= 11 is 0. The van der Waals surface area contributed by atoms with Gasteiger partial charge in [-0.15, -0.1) is 0 Å². The van der Waals surface area contributed by atoms with Gasteiger partial charge in [0.15, 0.2) is 0 Å². The van der Waals surface area contributed by atoms with Gasteiger partial charge in [-0.2, -0.15) is 0 Å². The van der Waals surface area contributed by atoms with Gasteiger partial charge in [-0.05, 0) is 23.9 Å². The summed E-state index contributed by atoms with van der Waals surface area (Å²) in [6, 6.07) is 10.8. The van der Waals surface area contributed by atoms with Crippen LogP contribution in [-0.2, 0) is 6.42 Å². The molecule has 2 nitrogen and oxygen atoms in total. The second-order valence-electron chi connectivity index (χ2n) is 3.75. The van der Waals surface area contributed by atoms with Crippen LogP contribution in [0.15, 0.2) is 30.3 Å². The molecule has 0 aliphatic carbocycles. The van der Waals surface area contributed by atoms with Crippen LogP contribution in [-0.4, -0.2) is 11.0 Å². The molecule has 1 aromatic heterocycles. The molecule has 0 saturated carbocycles. The molecule has 0 bridgehead atoms. The van der Waals surface area contributed by atoms with Gasteiger partial charge in [0, 0.05) is 23.7 Å². The second kappa shape index (κ2) is 3.84. The molecular weight excluding hydrogens is 172 g/mol. The van der Waals surface area contributed by atoms with Gasteiger partial charge in [-0.3, -0.25) is 0 Å². The topological polar surface area (TPSA) is 41.8 Å². The van der Waals surface area contributed by atoms with Crippen molar-refractivity contribution in [1.82, 2.24) is 4.98 Å². The van der Waals surface area contributed by atoms with Crippen LogP contribution in [0.4, 0.5) is 0 Å². The van der Waals surface area contributed by atoms with Crippen LogP contribution < -0.4 is 5.73 Å². The van der Waals surface area contributed by atoms with Crippen LogP contribution in [0.25, 0.3) is 10.9 Å². The molecule has 0 fully saturated rings. The van der Waals surface area contributed by atoms with Crippen LogP contribution in [0, 0.1) is 0 Å². The molecule has 74 valence electrons. The second-order valence-corrected chi connectivity index (χ2v) is 3.75. The molecule has 0 amide bonds. The summed E-state index contributed by atoms with van der Waals surface area (Å²) in [6.07, 6.45) is 1.96. The summed E-state index contributed by atoms with van der Waals surface area (Å²) in [7, 11) is 0. The van der Waals surface area contributed by atoms with Gasteiger partial charge in [0.1, 0.15) is 0 Å². The average molecular weight is 188 g/mol. The number of rotatable bonds is 3. The van der Waals surface area contributed by atoms with E-state index in [2.05, 4.69) is 36.2 Å². The summed E-state index contributed by atoms with van der Waals surface area (Å²) in [5, 5.41) is 1.27. The number of fused-ring (bicyclic) bond motifs is 1. The zero-order valence-electron chi connectivity index (χ0n) is 8.46. The minimum atomic E-state index is 0.267. The highest BCUT2D eigenvalue weighted by molar-refractivity contribution is 5.80. The maximum atomic E-state index is 5.91. The molecule has 1 atom stereocenters. The third kappa shape index (κ3) is 1.80. The number of hydrogen-bond donors (Lipinski definition) is 2. The largest absolute Gasteiger partial charge is 0.358 e. The number of aromatic amines is 1. The van der Waals surface area contributed by atoms with Gasteiger partial charge in [0.05, 0.1) is 0 Å². The zero-order chi connectivity index (χ0) is 9.97. The number of nitrogens with one attached hydrogen (secondary N) is 1. The molecule has 0 spiro atoms. The predicted molar refractivity (Wildman–Crippen MR) is 60.3 cm³/mol. The van der Waals surface area contributed by atoms with Gasteiger partial charge in [-0.1, -0.05) is 25.1 Å². The fourth-order valence-corrected chi connectivity index (χ4v) is 1.67. The van der Waals surface area contributed by atoms with E-state index < -0.39 is 0 Å². The summed E-state index contributed by atoms with van der Waals surface area (Å²) in [5.74, 6) is 0. The lowest BCUT2D eigenvalue weighted by molar-refractivity contribution is 0.639. The number of hydrogen-bond acceptors (Lipinski definition) is 1. The average Bonchev–Trinajstić information content (AvgIpc) is 2.59. The van der Waals surface area contributed by atoms with Crippen molar-refractivity contribution in [3.05, 3.63) is 36.0 Å². The van der Waals surface area contributed by atoms with E-state index in [4.69, 9.17) is 5.73 Å². The van der Waals surface area contributed by atoms with Crippen LogP contribution in [0.3, 0.4) is 0 Å². The molecule has 0 aliphatic rings. The highest BCUT2D eigenvalue weighted by Gasteiger charge is 2.04. The molecule has 1 aromatic carbocycles. The summed E-state index contributed by atoms with van der Waals surface area (Å²) < 4.78 is 0. The fraction of sp³-hybridized carbons (Fsp3) is 0.333. The summed E-state index contributed by atoms with van der Waals surface area (Å²) in [4.78, 5) is 3.38. The van der Waals surface area contributed by atoms with Crippen molar-refractivity contribution < 1.29 is 0 Å². The van der Waals surface area contributed by atoms with Crippen molar-refractivity contribution >= 4 is 10.9 Å². The Morgan fingerprint density at radius 1 is 1.36 bits per heavy atom. The minimum Gasteiger partial charge on any atom is -0.358 e. The number of H-pyrrole nitrogens is 1. The summed E-state index contributed by atoms with van der Waals surface area (Å²) in [5.41, 5.74) is 8.34. The van der Waals surface area contributed by atoms with Gasteiger partial charge >= 0.3 is 0 Å². The molecule has 0 aliphatic heterocycles. The lowest BCUT2D eigenvalue weighted by Crippen LogP contribution is -2.21. The molecule has 1 heterocycles. The smallest absolute Gasteiger partial charge is 0.0456 e. The van der Waals surface area contributed by atoms with Crippen molar-refractivity contribution in [2.45, 2.75) is 25.8 Å². The van der Waals surface area contributed by atoms with Crippen LogP contribution in [0.5, 0.6) is 0 Å². The summed E-state index contributed by atoms with van der Waals surface area (Å²) in [6.45, 7) is 2.12. The number of nitrogens with two attached hydrogens (primary N) is 1. The molecule has 14 heavy (non-hydrogen) atoms. The third-order valence-corrected chi connectivity index (χ3v) is 2.59. The standard InChI is InChI=1S/C12H16N2/c1-2-10(13)8-11-7-9-5-3-4-6-12(9)14-11/h3-7,10,14H,2,8,13H2,1H3. The molecule has 0 radical (unpaired) electrons. The Hall–Kier alpha value is -1.28. The molecular formula is C12H16N2. The zero-order valence-corrected chi connectivity index (χ0v) is 8.46. The van der Waals surface area contributed by atoms with E-state index in [1.165, 1.54) is 16.6 Å². The Kier molecular flexibility index (Phi) is 2.55. The van der Waals surface area contributed by atoms with E-state index in [0.717, 1.165) is 12.8 Å². The van der Waals surface area contributed by atoms with Crippen molar-refractivity contribution in [2.75, 3.05) is 0 Å².